The van der Waals surface area contributed by atoms with Crippen molar-refractivity contribution < 1.29 is 18.6 Å². The van der Waals surface area contributed by atoms with Gasteiger partial charge >= 0.3 is 0 Å². The van der Waals surface area contributed by atoms with Gasteiger partial charge in [-0.25, -0.2) is 4.39 Å². The number of hydrogen-bond donors (Lipinski definition) is 0. The molecule has 0 N–H and O–H groups in total. The molecule has 0 unspecified atom stereocenters. The second-order valence-electron chi connectivity index (χ2n) is 8.29. The van der Waals surface area contributed by atoms with E-state index in [2.05, 4.69) is 24.0 Å². The van der Waals surface area contributed by atoms with Crippen molar-refractivity contribution in [1.82, 2.24) is 0 Å². The number of hydrogen-bond acceptors (Lipinski definition) is 3. The molecule has 0 aromatic heterocycles. The van der Waals surface area contributed by atoms with Gasteiger partial charge in [-0.05, 0) is 72.0 Å². The molecule has 3 nitrogen and oxygen atoms in total. The van der Waals surface area contributed by atoms with Crippen LogP contribution in [0.25, 0.3) is 10.8 Å². The molecule has 0 radical (unpaired) electrons. The fourth-order valence-corrected chi connectivity index (χ4v) is 3.91. The van der Waals surface area contributed by atoms with Gasteiger partial charge in [0.1, 0.15) is 5.82 Å². The van der Waals surface area contributed by atoms with Gasteiger partial charge < -0.3 is 14.2 Å². The van der Waals surface area contributed by atoms with E-state index in [1.165, 1.54) is 17.7 Å². The van der Waals surface area contributed by atoms with Crippen molar-refractivity contribution in [3.63, 3.8) is 0 Å². The van der Waals surface area contributed by atoms with E-state index in [1.54, 1.807) is 13.2 Å². The van der Waals surface area contributed by atoms with Gasteiger partial charge in [-0.3, -0.25) is 0 Å². The Labute approximate surface area is 189 Å². The van der Waals surface area contributed by atoms with E-state index in [-0.39, 0.29) is 12.1 Å². The Morgan fingerprint density at radius 2 is 1.56 bits per heavy atom. The van der Waals surface area contributed by atoms with E-state index >= 15 is 0 Å². The average molecular weight is 433 g/mol. The van der Waals surface area contributed by atoms with Gasteiger partial charge in [-0.15, -0.1) is 0 Å². The van der Waals surface area contributed by atoms with Gasteiger partial charge in [-0.1, -0.05) is 36.1 Å². The molecule has 0 aliphatic carbocycles. The van der Waals surface area contributed by atoms with Crippen LogP contribution >= 0.6 is 0 Å². The van der Waals surface area contributed by atoms with Crippen molar-refractivity contribution in [3.05, 3.63) is 83.2 Å². The first-order chi connectivity index (χ1) is 15.7. The van der Waals surface area contributed by atoms with Crippen LogP contribution < -0.4 is 0 Å². The molecular weight excluding hydrogens is 403 g/mol. The minimum Gasteiger partial charge on any atom is -0.385 e. The van der Waals surface area contributed by atoms with Crippen LogP contribution in [0.3, 0.4) is 0 Å². The largest absolute Gasteiger partial charge is 0.385 e. The van der Waals surface area contributed by atoms with E-state index in [1.807, 2.05) is 30.3 Å². The molecule has 1 aliphatic rings. The van der Waals surface area contributed by atoms with Crippen LogP contribution in [0, 0.1) is 23.6 Å². The molecular formula is C28H29FO3. The highest BCUT2D eigenvalue weighted by molar-refractivity contribution is 5.83. The third kappa shape index (κ3) is 6.40. The Hall–Kier alpha value is -2.71. The highest BCUT2D eigenvalue weighted by Gasteiger charge is 2.21. The summed E-state index contributed by atoms with van der Waals surface area (Å²) >= 11 is 0. The Kier molecular flexibility index (Phi) is 7.90. The maximum Gasteiger partial charge on any atom is 0.157 e. The van der Waals surface area contributed by atoms with Gasteiger partial charge in [0, 0.05) is 37.2 Å². The molecule has 1 heterocycles. The molecule has 1 fully saturated rings. The number of halogens is 1. The molecule has 1 aliphatic heterocycles. The first-order valence-corrected chi connectivity index (χ1v) is 11.2. The zero-order valence-corrected chi connectivity index (χ0v) is 18.5. The second kappa shape index (κ2) is 11.2. The lowest BCUT2D eigenvalue weighted by molar-refractivity contribution is -0.203. The zero-order chi connectivity index (χ0) is 22.2. The van der Waals surface area contributed by atoms with Gasteiger partial charge in [-0.2, -0.15) is 0 Å². The molecule has 4 heteroatoms. The van der Waals surface area contributed by atoms with E-state index in [4.69, 9.17) is 14.2 Å². The van der Waals surface area contributed by atoms with Crippen molar-refractivity contribution in [1.29, 1.82) is 0 Å². The van der Waals surface area contributed by atoms with Crippen LogP contribution in [0.1, 0.15) is 36.0 Å². The Balaban J connectivity index is 1.26. The standard InChI is InChI=1S/C28H29FO3/c1-30-16-2-3-24-19-31-28(32-20-24)15-11-22-6-4-21(5-7-22)8-9-23-10-12-26-18-27(29)14-13-25(26)17-23/h4-7,10,12-14,17-18,24,28H,2-3,11,15-16,19-20H2,1H3. The van der Waals surface area contributed by atoms with E-state index < -0.39 is 0 Å². The van der Waals surface area contributed by atoms with Crippen molar-refractivity contribution >= 4 is 10.8 Å². The lowest BCUT2D eigenvalue weighted by Gasteiger charge is -2.29. The molecule has 0 amide bonds. The highest BCUT2D eigenvalue weighted by atomic mass is 19.1. The summed E-state index contributed by atoms with van der Waals surface area (Å²) in [6.45, 7) is 2.34. The summed E-state index contributed by atoms with van der Waals surface area (Å²) in [4.78, 5) is 0. The van der Waals surface area contributed by atoms with Crippen LogP contribution in [0.4, 0.5) is 4.39 Å². The van der Waals surface area contributed by atoms with Gasteiger partial charge in [0.25, 0.3) is 0 Å². The molecule has 0 spiro atoms. The Morgan fingerprint density at radius 3 is 2.34 bits per heavy atom. The SMILES string of the molecule is COCCCC1COC(CCc2ccc(C#Cc3ccc4cc(F)ccc4c3)cc2)OC1. The number of methoxy groups -OCH3 is 1. The van der Waals surface area contributed by atoms with Crippen molar-refractivity contribution in [3.8, 4) is 11.8 Å². The molecule has 32 heavy (non-hydrogen) atoms. The molecule has 166 valence electrons. The summed E-state index contributed by atoms with van der Waals surface area (Å²) in [6, 6.07) is 18.9. The van der Waals surface area contributed by atoms with Crippen molar-refractivity contribution in [2.45, 2.75) is 32.0 Å². The summed E-state index contributed by atoms with van der Waals surface area (Å²) in [6.07, 6.45) is 3.78. The van der Waals surface area contributed by atoms with Crippen molar-refractivity contribution in [2.75, 3.05) is 26.9 Å². The van der Waals surface area contributed by atoms with Crippen LogP contribution in [-0.2, 0) is 20.6 Å². The predicted octanol–water partition coefficient (Wildman–Crippen LogP) is 5.73. The van der Waals surface area contributed by atoms with Gasteiger partial charge in [0.05, 0.1) is 13.2 Å². The topological polar surface area (TPSA) is 27.7 Å². The zero-order valence-electron chi connectivity index (χ0n) is 18.5. The number of benzene rings is 3. The molecule has 1 saturated heterocycles. The lowest BCUT2D eigenvalue weighted by atomic mass is 10.0. The second-order valence-corrected chi connectivity index (χ2v) is 8.29. The smallest absolute Gasteiger partial charge is 0.157 e. The van der Waals surface area contributed by atoms with E-state index in [9.17, 15) is 4.39 Å². The van der Waals surface area contributed by atoms with Gasteiger partial charge in [0.2, 0.25) is 0 Å². The number of ether oxygens (including phenoxy) is 3. The monoisotopic (exact) mass is 432 g/mol. The van der Waals surface area contributed by atoms with Crippen LogP contribution in [0.15, 0.2) is 60.7 Å². The summed E-state index contributed by atoms with van der Waals surface area (Å²) in [5.74, 6) is 6.67. The first kappa shape index (κ1) is 22.5. The average Bonchev–Trinajstić information content (AvgIpc) is 2.83. The van der Waals surface area contributed by atoms with Crippen LogP contribution in [-0.4, -0.2) is 33.2 Å². The number of aryl methyl sites for hydroxylation is 1. The van der Waals surface area contributed by atoms with Crippen LogP contribution in [0.2, 0.25) is 0 Å². The predicted molar refractivity (Wildman–Crippen MR) is 125 cm³/mol. The molecule has 0 atom stereocenters. The summed E-state index contributed by atoms with van der Waals surface area (Å²) < 4.78 is 30.2. The molecule has 3 aromatic rings. The quantitative estimate of drug-likeness (QED) is 0.353. The number of fused-ring (bicyclic) bond motifs is 1. The van der Waals surface area contributed by atoms with Crippen LogP contribution in [0.5, 0.6) is 0 Å². The summed E-state index contributed by atoms with van der Waals surface area (Å²) in [5, 5.41) is 1.87. The maximum absolute atomic E-state index is 13.3. The first-order valence-electron chi connectivity index (χ1n) is 11.2. The maximum atomic E-state index is 13.3. The fraction of sp³-hybridized carbons (Fsp3) is 0.357. The molecule has 0 bridgehead atoms. The summed E-state index contributed by atoms with van der Waals surface area (Å²) in [7, 11) is 1.73. The Morgan fingerprint density at radius 1 is 0.875 bits per heavy atom. The normalized spacial score (nSPS) is 18.3. The molecule has 4 rings (SSSR count). The third-order valence-corrected chi connectivity index (χ3v) is 5.77. The molecule has 0 saturated carbocycles. The van der Waals surface area contributed by atoms with E-state index in [0.717, 1.165) is 67.4 Å². The fourth-order valence-electron chi connectivity index (χ4n) is 3.91. The highest BCUT2D eigenvalue weighted by Crippen LogP contribution is 2.20. The lowest BCUT2D eigenvalue weighted by Crippen LogP contribution is -2.32. The van der Waals surface area contributed by atoms with E-state index in [0.29, 0.717) is 5.92 Å². The van der Waals surface area contributed by atoms with Crippen molar-refractivity contribution in [2.24, 2.45) is 5.92 Å². The minimum atomic E-state index is -0.222. The Bertz CT molecular complexity index is 1070. The summed E-state index contributed by atoms with van der Waals surface area (Å²) in [5.41, 5.74) is 3.13. The minimum absolute atomic E-state index is 0.116. The van der Waals surface area contributed by atoms with Gasteiger partial charge in [0.15, 0.2) is 6.29 Å². The third-order valence-electron chi connectivity index (χ3n) is 5.77. The number of rotatable bonds is 7. The molecule has 3 aromatic carbocycles.